The molecule has 0 spiro atoms. The zero-order chi connectivity index (χ0) is 29.3. The predicted octanol–water partition coefficient (Wildman–Crippen LogP) is 5.73. The van der Waals surface area contributed by atoms with Crippen molar-refractivity contribution in [3.8, 4) is 0 Å². The molecule has 2 nitrogen and oxygen atoms in total. The van der Waals surface area contributed by atoms with E-state index in [1.54, 1.807) is 0 Å². The second-order valence-electron chi connectivity index (χ2n) is 12.0. The topological polar surface area (TPSA) is 20.3 Å². The number of aryl methyl sites for hydroxylation is 3. The van der Waals surface area contributed by atoms with Crippen molar-refractivity contribution in [2.45, 2.75) is 20.8 Å². The first-order chi connectivity index (χ1) is 20.9. The fourth-order valence-corrected chi connectivity index (χ4v) is 22.0. The molecule has 0 bridgehead atoms. The van der Waals surface area contributed by atoms with Crippen LogP contribution in [0, 0.1) is 20.8 Å². The molecular formula is C39H32GeNOP. The normalized spacial score (nSPS) is 17.5. The summed E-state index contributed by atoms with van der Waals surface area (Å²) in [6.07, 6.45) is 0. The molecule has 208 valence electrons. The first-order valence-corrected chi connectivity index (χ1v) is 20.8. The van der Waals surface area contributed by atoms with Crippen molar-refractivity contribution in [2.75, 3.05) is 4.90 Å². The van der Waals surface area contributed by atoms with E-state index in [0.717, 1.165) is 38.4 Å². The Hall–Kier alpha value is -4.11. The summed E-state index contributed by atoms with van der Waals surface area (Å²) < 4.78 is 21.6. The van der Waals surface area contributed by atoms with Crippen molar-refractivity contribution in [3.63, 3.8) is 0 Å². The Bertz CT molecular complexity index is 2050. The average Bonchev–Trinajstić information content (AvgIpc) is 3.04. The Labute approximate surface area is 256 Å². The zero-order valence-electron chi connectivity index (χ0n) is 24.6. The van der Waals surface area contributed by atoms with Crippen LogP contribution in [0.15, 0.2) is 140 Å². The molecule has 0 N–H and O–H groups in total. The van der Waals surface area contributed by atoms with Crippen molar-refractivity contribution in [1.82, 2.24) is 0 Å². The monoisotopic (exact) mass is 635 g/mol. The summed E-state index contributed by atoms with van der Waals surface area (Å²) in [4.78, 5) is 2.45. The summed E-state index contributed by atoms with van der Waals surface area (Å²) >= 11 is -3.64. The quantitative estimate of drug-likeness (QED) is 0.183. The first-order valence-electron chi connectivity index (χ1n) is 14.9. The molecule has 8 rings (SSSR count). The molecule has 0 fully saturated rings. The van der Waals surface area contributed by atoms with E-state index in [9.17, 15) is 0 Å². The van der Waals surface area contributed by atoms with Crippen LogP contribution in [0.3, 0.4) is 0 Å². The van der Waals surface area contributed by atoms with Crippen molar-refractivity contribution >= 4 is 71.0 Å². The average molecular weight is 634 g/mol. The molecule has 2 heterocycles. The standard InChI is InChI=1S/C39H32GeNOP/c1-27-19-21-35-33(23-27)40(30-13-7-4-8-14-30,31-15-9-5-10-16-31)34-24-29(3)26-38-39(34)41(35)36-22-20-28(2)25-37(36)43(38,42)32-17-11-6-12-18-32/h4-26H,1-3H3. The van der Waals surface area contributed by atoms with Crippen molar-refractivity contribution < 1.29 is 4.57 Å². The van der Waals surface area contributed by atoms with E-state index in [0.29, 0.717) is 0 Å². The SMILES string of the molecule is Cc1ccc2c(c1)P(=O)(c1ccccc1)c1cc(C)c[c]3c1N2c1ccc(C)c[c]1[Ge]3([c]1ccccc1)[c]1ccccc1. The van der Waals surface area contributed by atoms with Gasteiger partial charge in [-0.05, 0) is 0 Å². The molecule has 2 aliphatic heterocycles. The Balaban J connectivity index is 1.62. The Morgan fingerprint density at radius 1 is 0.512 bits per heavy atom. The van der Waals surface area contributed by atoms with Gasteiger partial charge in [0.15, 0.2) is 0 Å². The molecule has 0 aliphatic carbocycles. The number of benzene rings is 6. The molecule has 1 atom stereocenters. The van der Waals surface area contributed by atoms with Gasteiger partial charge in [0, 0.05) is 0 Å². The van der Waals surface area contributed by atoms with Crippen LogP contribution in [0.1, 0.15) is 16.7 Å². The van der Waals surface area contributed by atoms with Gasteiger partial charge in [0.25, 0.3) is 0 Å². The molecule has 4 heteroatoms. The van der Waals surface area contributed by atoms with E-state index in [-0.39, 0.29) is 0 Å². The number of nitrogens with zero attached hydrogens (tertiary/aromatic N) is 1. The maximum atomic E-state index is 16.1. The third kappa shape index (κ3) is 3.63. The number of fused-ring (bicyclic) bond motifs is 4. The summed E-state index contributed by atoms with van der Waals surface area (Å²) in [5.41, 5.74) is 6.89. The second-order valence-corrected chi connectivity index (χ2v) is 22.5. The van der Waals surface area contributed by atoms with Crippen molar-refractivity contribution in [2.24, 2.45) is 0 Å². The van der Waals surface area contributed by atoms with Gasteiger partial charge >= 0.3 is 257 Å². The zero-order valence-corrected chi connectivity index (χ0v) is 27.6. The fourth-order valence-electron chi connectivity index (χ4n) is 7.47. The van der Waals surface area contributed by atoms with E-state index in [1.807, 2.05) is 18.2 Å². The molecule has 0 aromatic heterocycles. The van der Waals surface area contributed by atoms with Crippen LogP contribution >= 0.6 is 7.14 Å². The van der Waals surface area contributed by atoms with Crippen molar-refractivity contribution in [1.29, 1.82) is 0 Å². The van der Waals surface area contributed by atoms with Crippen LogP contribution in [0.25, 0.3) is 0 Å². The van der Waals surface area contributed by atoms with Crippen LogP contribution in [-0.2, 0) is 4.57 Å². The van der Waals surface area contributed by atoms with Gasteiger partial charge in [-0.1, -0.05) is 0 Å². The van der Waals surface area contributed by atoms with E-state index in [4.69, 9.17) is 0 Å². The molecular weight excluding hydrogens is 602 g/mol. The molecule has 6 aromatic rings. The van der Waals surface area contributed by atoms with Gasteiger partial charge in [0.1, 0.15) is 0 Å². The molecule has 2 aliphatic rings. The number of anilines is 3. The fraction of sp³-hybridized carbons (Fsp3) is 0.0769. The van der Waals surface area contributed by atoms with Crippen LogP contribution in [0.5, 0.6) is 0 Å². The molecule has 0 saturated heterocycles. The van der Waals surface area contributed by atoms with E-state index in [2.05, 4.69) is 147 Å². The second kappa shape index (κ2) is 9.71. The molecule has 43 heavy (non-hydrogen) atoms. The van der Waals surface area contributed by atoms with Crippen LogP contribution in [-0.4, -0.2) is 13.3 Å². The first kappa shape index (κ1) is 26.5. The minimum atomic E-state index is -3.64. The van der Waals surface area contributed by atoms with Crippen LogP contribution in [0.2, 0.25) is 0 Å². The summed E-state index contributed by atoms with van der Waals surface area (Å²) in [5.74, 6) is 0. The Morgan fingerprint density at radius 3 is 1.65 bits per heavy atom. The van der Waals surface area contributed by atoms with E-state index in [1.165, 1.54) is 28.8 Å². The molecule has 1 unspecified atom stereocenters. The van der Waals surface area contributed by atoms with Gasteiger partial charge in [0.2, 0.25) is 0 Å². The summed E-state index contributed by atoms with van der Waals surface area (Å²) in [7, 11) is -3.22. The molecule has 0 saturated carbocycles. The van der Waals surface area contributed by atoms with Gasteiger partial charge in [-0.15, -0.1) is 0 Å². The summed E-state index contributed by atoms with van der Waals surface area (Å²) in [6, 6.07) is 50.6. The summed E-state index contributed by atoms with van der Waals surface area (Å²) in [6.45, 7) is 6.49. The van der Waals surface area contributed by atoms with Crippen LogP contribution in [0.4, 0.5) is 17.1 Å². The van der Waals surface area contributed by atoms with Gasteiger partial charge in [0.05, 0.1) is 0 Å². The maximum absolute atomic E-state index is 16.1. The molecule has 0 radical (unpaired) electrons. The third-order valence-corrected chi connectivity index (χ3v) is 22.4. The van der Waals surface area contributed by atoms with Gasteiger partial charge in [-0.3, -0.25) is 0 Å². The number of hydrogen-bond donors (Lipinski definition) is 0. The van der Waals surface area contributed by atoms with Gasteiger partial charge < -0.3 is 0 Å². The number of hydrogen-bond acceptors (Lipinski definition) is 2. The van der Waals surface area contributed by atoms with Gasteiger partial charge in [-0.2, -0.15) is 0 Å². The van der Waals surface area contributed by atoms with E-state index >= 15 is 4.57 Å². The minimum absolute atomic E-state index is 0.890. The molecule has 0 amide bonds. The van der Waals surface area contributed by atoms with E-state index < -0.39 is 20.4 Å². The molecule has 6 aromatic carbocycles. The Morgan fingerprint density at radius 2 is 1.02 bits per heavy atom. The van der Waals surface area contributed by atoms with Crippen molar-refractivity contribution in [3.05, 3.63) is 156 Å². The number of rotatable bonds is 3. The Kier molecular flexibility index (Phi) is 5.99. The van der Waals surface area contributed by atoms with Crippen LogP contribution < -0.4 is 38.4 Å². The third-order valence-electron chi connectivity index (χ3n) is 9.24. The summed E-state index contributed by atoms with van der Waals surface area (Å²) in [5, 5.41) is 2.77. The predicted molar refractivity (Wildman–Crippen MR) is 185 cm³/mol. The van der Waals surface area contributed by atoms with Gasteiger partial charge in [-0.25, -0.2) is 0 Å².